The third kappa shape index (κ3) is 4.19. The van der Waals surface area contributed by atoms with Crippen LogP contribution in [-0.2, 0) is 0 Å². The Hall–Kier alpha value is -2.47. The van der Waals surface area contributed by atoms with Gasteiger partial charge in [-0.1, -0.05) is 47.9 Å². The summed E-state index contributed by atoms with van der Waals surface area (Å²) in [6, 6.07) is 11.1. The van der Waals surface area contributed by atoms with Crippen LogP contribution in [0, 0.1) is 6.92 Å². The number of aromatic nitrogens is 3. The molecule has 5 rings (SSSR count). The van der Waals surface area contributed by atoms with Crippen molar-refractivity contribution in [2.75, 3.05) is 23.3 Å². The first-order valence-electron chi connectivity index (χ1n) is 11.2. The fourth-order valence-electron chi connectivity index (χ4n) is 4.50. The number of piperidine rings is 1. The van der Waals surface area contributed by atoms with Crippen LogP contribution in [0.3, 0.4) is 0 Å². The average Bonchev–Trinajstić information content (AvgIpc) is 3.45. The highest BCUT2D eigenvalue weighted by atomic mass is 32.1. The predicted octanol–water partition coefficient (Wildman–Crippen LogP) is 5.92. The molecule has 2 fully saturated rings. The minimum absolute atomic E-state index is 0.502. The first-order chi connectivity index (χ1) is 14.8. The van der Waals surface area contributed by atoms with Gasteiger partial charge in [-0.05, 0) is 51.2 Å². The molecule has 0 amide bonds. The third-order valence-corrected chi connectivity index (χ3v) is 7.25. The van der Waals surface area contributed by atoms with Crippen LogP contribution in [0.25, 0.3) is 21.8 Å². The minimum atomic E-state index is 0.502. The Morgan fingerprint density at radius 2 is 1.83 bits per heavy atom. The van der Waals surface area contributed by atoms with E-state index in [-0.39, 0.29) is 0 Å². The number of aryl methyl sites for hydroxylation is 1. The number of nitrogens with zero attached hydrogens (tertiary/aromatic N) is 4. The van der Waals surface area contributed by atoms with E-state index in [2.05, 4.69) is 46.4 Å². The first-order valence-corrected chi connectivity index (χ1v) is 12.0. The number of rotatable bonds is 5. The summed E-state index contributed by atoms with van der Waals surface area (Å²) in [7, 11) is 0. The molecule has 1 aliphatic heterocycles. The molecule has 1 saturated heterocycles. The number of hydrogen-bond acceptors (Lipinski definition) is 6. The zero-order valence-electron chi connectivity index (χ0n) is 17.6. The van der Waals surface area contributed by atoms with Gasteiger partial charge in [-0.2, -0.15) is 0 Å². The fraction of sp³-hybridized carbons (Fsp3) is 0.458. The van der Waals surface area contributed by atoms with Crippen molar-refractivity contribution in [3.8, 4) is 21.8 Å². The molecule has 0 radical (unpaired) electrons. The first kappa shape index (κ1) is 19.5. The van der Waals surface area contributed by atoms with Gasteiger partial charge in [0, 0.05) is 30.9 Å². The third-order valence-electron chi connectivity index (χ3n) is 6.11. The van der Waals surface area contributed by atoms with Crippen LogP contribution in [0.4, 0.5) is 11.1 Å². The Morgan fingerprint density at radius 1 is 1.00 bits per heavy atom. The lowest BCUT2D eigenvalue weighted by molar-refractivity contribution is 0.577. The number of hydrogen-bond donors (Lipinski definition) is 1. The summed E-state index contributed by atoms with van der Waals surface area (Å²) < 4.78 is 0. The van der Waals surface area contributed by atoms with Crippen molar-refractivity contribution in [3.05, 3.63) is 42.1 Å². The lowest BCUT2D eigenvalue weighted by Crippen LogP contribution is -2.29. The zero-order chi connectivity index (χ0) is 20.3. The van der Waals surface area contributed by atoms with Crippen LogP contribution in [0.1, 0.15) is 50.5 Å². The molecular formula is C24H29N5S. The van der Waals surface area contributed by atoms with E-state index < -0.39 is 0 Å². The van der Waals surface area contributed by atoms with Crippen LogP contribution in [-0.4, -0.2) is 34.1 Å². The van der Waals surface area contributed by atoms with Gasteiger partial charge in [0.15, 0.2) is 5.13 Å². The van der Waals surface area contributed by atoms with Crippen LogP contribution in [0.2, 0.25) is 0 Å². The van der Waals surface area contributed by atoms with E-state index in [4.69, 9.17) is 9.97 Å². The molecule has 0 spiro atoms. The molecule has 1 aliphatic carbocycles. The average molecular weight is 420 g/mol. The van der Waals surface area contributed by atoms with Crippen molar-refractivity contribution in [1.82, 2.24) is 15.0 Å². The van der Waals surface area contributed by atoms with Crippen molar-refractivity contribution in [2.24, 2.45) is 0 Å². The molecule has 2 aliphatic rings. The Kier molecular flexibility index (Phi) is 5.67. The van der Waals surface area contributed by atoms with E-state index in [0.717, 1.165) is 46.0 Å². The normalized spacial score (nSPS) is 17.4. The van der Waals surface area contributed by atoms with E-state index in [0.29, 0.717) is 6.04 Å². The smallest absolute Gasteiger partial charge is 0.223 e. The predicted molar refractivity (Wildman–Crippen MR) is 125 cm³/mol. The monoisotopic (exact) mass is 419 g/mol. The molecule has 0 unspecified atom stereocenters. The number of benzene rings is 1. The second-order valence-electron chi connectivity index (χ2n) is 8.48. The Morgan fingerprint density at radius 3 is 2.63 bits per heavy atom. The maximum atomic E-state index is 5.12. The number of anilines is 2. The Balaban J connectivity index is 1.53. The molecule has 3 heterocycles. The summed E-state index contributed by atoms with van der Waals surface area (Å²) in [6.45, 7) is 4.33. The second-order valence-corrected chi connectivity index (χ2v) is 9.46. The van der Waals surface area contributed by atoms with Crippen molar-refractivity contribution in [1.29, 1.82) is 0 Å². The van der Waals surface area contributed by atoms with E-state index >= 15 is 0 Å². The highest BCUT2D eigenvalue weighted by Crippen LogP contribution is 2.40. The molecule has 5 nitrogen and oxygen atoms in total. The number of nitrogens with one attached hydrogen (secondary N) is 1. The lowest BCUT2D eigenvalue weighted by Gasteiger charge is -2.25. The summed E-state index contributed by atoms with van der Waals surface area (Å²) in [5, 5.41) is 4.66. The summed E-state index contributed by atoms with van der Waals surface area (Å²) in [6.07, 6.45) is 10.7. The van der Waals surface area contributed by atoms with Gasteiger partial charge >= 0.3 is 0 Å². The molecule has 0 bridgehead atoms. The van der Waals surface area contributed by atoms with E-state index in [9.17, 15) is 0 Å². The highest BCUT2D eigenvalue weighted by molar-refractivity contribution is 7.19. The van der Waals surface area contributed by atoms with Crippen molar-refractivity contribution >= 4 is 22.4 Å². The largest absolute Gasteiger partial charge is 0.351 e. The minimum Gasteiger partial charge on any atom is -0.351 e. The van der Waals surface area contributed by atoms with Gasteiger partial charge in [0.05, 0.1) is 16.3 Å². The van der Waals surface area contributed by atoms with Gasteiger partial charge in [-0.15, -0.1) is 0 Å². The SMILES string of the molecule is Cc1cccc(-c2nc(N3CCCCC3)sc2-c2ccnc(NC3CCCC3)n2)c1. The van der Waals surface area contributed by atoms with Crippen LogP contribution in [0.5, 0.6) is 0 Å². The van der Waals surface area contributed by atoms with Gasteiger partial charge in [0.1, 0.15) is 0 Å². The molecule has 3 aromatic rings. The van der Waals surface area contributed by atoms with Crippen molar-refractivity contribution in [3.63, 3.8) is 0 Å². The number of thiazole rings is 1. The van der Waals surface area contributed by atoms with Crippen LogP contribution < -0.4 is 10.2 Å². The molecule has 6 heteroatoms. The summed E-state index contributed by atoms with van der Waals surface area (Å²) in [5.74, 6) is 0.738. The maximum Gasteiger partial charge on any atom is 0.223 e. The van der Waals surface area contributed by atoms with Gasteiger partial charge in [0.2, 0.25) is 5.95 Å². The molecular weight excluding hydrogens is 390 g/mol. The van der Waals surface area contributed by atoms with Gasteiger partial charge in [0.25, 0.3) is 0 Å². The van der Waals surface area contributed by atoms with Crippen LogP contribution >= 0.6 is 11.3 Å². The Bertz CT molecular complexity index is 1000. The van der Waals surface area contributed by atoms with E-state index in [1.54, 1.807) is 11.3 Å². The second kappa shape index (κ2) is 8.72. The summed E-state index contributed by atoms with van der Waals surface area (Å²) in [5.41, 5.74) is 4.41. The molecule has 30 heavy (non-hydrogen) atoms. The zero-order valence-corrected chi connectivity index (χ0v) is 18.4. The van der Waals surface area contributed by atoms with Gasteiger partial charge in [-0.3, -0.25) is 0 Å². The summed E-state index contributed by atoms with van der Waals surface area (Å²) >= 11 is 1.77. The Labute approximate surface area is 182 Å². The lowest BCUT2D eigenvalue weighted by atomic mass is 10.1. The van der Waals surface area contributed by atoms with E-state index in [1.165, 1.54) is 50.5 Å². The van der Waals surface area contributed by atoms with E-state index in [1.807, 2.05) is 12.3 Å². The van der Waals surface area contributed by atoms with Crippen molar-refractivity contribution < 1.29 is 0 Å². The van der Waals surface area contributed by atoms with Crippen LogP contribution in [0.15, 0.2) is 36.5 Å². The molecule has 0 atom stereocenters. The van der Waals surface area contributed by atoms with Gasteiger partial charge < -0.3 is 10.2 Å². The standard InChI is InChI=1S/C24H29N5S/c1-17-8-7-9-18(16-17)21-22(30-24(28-21)29-14-5-2-6-15-29)20-12-13-25-23(27-20)26-19-10-3-4-11-19/h7-9,12-13,16,19H,2-6,10-11,14-15H2,1H3,(H,25,26,27). The maximum absolute atomic E-state index is 5.12. The topological polar surface area (TPSA) is 53.9 Å². The molecule has 1 aromatic carbocycles. The molecule has 156 valence electrons. The van der Waals surface area contributed by atoms with Crippen molar-refractivity contribution in [2.45, 2.75) is 57.9 Å². The highest BCUT2D eigenvalue weighted by Gasteiger charge is 2.22. The fourth-order valence-corrected chi connectivity index (χ4v) is 5.61. The molecule has 1 N–H and O–H groups in total. The quantitative estimate of drug-likeness (QED) is 0.556. The van der Waals surface area contributed by atoms with Gasteiger partial charge in [-0.25, -0.2) is 15.0 Å². The molecule has 2 aromatic heterocycles. The summed E-state index contributed by atoms with van der Waals surface area (Å²) in [4.78, 5) is 18.1. The molecule has 1 saturated carbocycles.